The molecule has 0 spiro atoms. The van der Waals surface area contributed by atoms with Crippen molar-refractivity contribution < 1.29 is 4.92 Å². The van der Waals surface area contributed by atoms with Crippen molar-refractivity contribution in [2.24, 2.45) is 0 Å². The maximum absolute atomic E-state index is 10.8. The van der Waals surface area contributed by atoms with Crippen LogP contribution in [0, 0.1) is 10.1 Å². The molecule has 88 valence electrons. The Bertz CT molecular complexity index is 543. The summed E-state index contributed by atoms with van der Waals surface area (Å²) >= 11 is 2.66. The third kappa shape index (κ3) is 2.92. The Hall–Kier alpha value is -1.67. The molecule has 2 aromatic rings. The van der Waals surface area contributed by atoms with Gasteiger partial charge in [-0.3, -0.25) is 10.1 Å². The highest BCUT2D eigenvalue weighted by Gasteiger charge is 2.13. The van der Waals surface area contributed by atoms with Crippen LogP contribution in [0.4, 0.5) is 10.8 Å². The third-order valence-corrected chi connectivity index (χ3v) is 3.90. The minimum absolute atomic E-state index is 0.123. The Balaban J connectivity index is 2.11. The summed E-state index contributed by atoms with van der Waals surface area (Å²) in [4.78, 5) is 10.4. The topological polar surface area (TPSA) is 94.9 Å². The van der Waals surface area contributed by atoms with Gasteiger partial charge in [-0.05, 0) is 0 Å². The van der Waals surface area contributed by atoms with Gasteiger partial charge in [0.05, 0.1) is 4.92 Å². The van der Waals surface area contributed by atoms with Gasteiger partial charge in [0, 0.05) is 17.4 Å². The monoisotopic (exact) mass is 268 g/mol. The molecule has 0 bridgehead atoms. The zero-order valence-corrected chi connectivity index (χ0v) is 10.2. The lowest BCUT2D eigenvalue weighted by atomic mass is 10.2. The van der Waals surface area contributed by atoms with Crippen molar-refractivity contribution in [3.63, 3.8) is 0 Å². The lowest BCUT2D eigenvalue weighted by Crippen LogP contribution is -1.93. The molecule has 0 unspecified atom stereocenters. The number of nitrogens with zero attached hydrogens (tertiary/aromatic N) is 3. The van der Waals surface area contributed by atoms with Crippen LogP contribution in [0.5, 0.6) is 0 Å². The molecule has 0 radical (unpaired) electrons. The summed E-state index contributed by atoms with van der Waals surface area (Å²) in [6.07, 6.45) is 0. The number of hydrogen-bond acceptors (Lipinski definition) is 7. The molecular weight excluding hydrogens is 260 g/mol. The number of hydrogen-bond donors (Lipinski definition) is 1. The zero-order valence-electron chi connectivity index (χ0n) is 8.57. The summed E-state index contributed by atoms with van der Waals surface area (Å²) in [5, 5.41) is 18.7. The van der Waals surface area contributed by atoms with Gasteiger partial charge >= 0.3 is 0 Å². The van der Waals surface area contributed by atoms with Gasteiger partial charge in [-0.2, -0.15) is 0 Å². The predicted molar refractivity (Wildman–Crippen MR) is 67.0 cm³/mol. The molecular formula is C9H8N4O2S2. The van der Waals surface area contributed by atoms with Crippen molar-refractivity contribution in [1.29, 1.82) is 0 Å². The van der Waals surface area contributed by atoms with Crippen LogP contribution >= 0.6 is 23.1 Å². The summed E-state index contributed by atoms with van der Waals surface area (Å²) in [6.45, 7) is 0. The number of nitro groups is 1. The van der Waals surface area contributed by atoms with Crippen molar-refractivity contribution >= 4 is 33.9 Å². The van der Waals surface area contributed by atoms with Crippen molar-refractivity contribution in [2.45, 2.75) is 10.1 Å². The van der Waals surface area contributed by atoms with Crippen LogP contribution in [0.2, 0.25) is 0 Å². The molecule has 0 atom stereocenters. The maximum atomic E-state index is 10.8. The van der Waals surface area contributed by atoms with Crippen molar-refractivity contribution in [1.82, 2.24) is 10.2 Å². The van der Waals surface area contributed by atoms with E-state index in [2.05, 4.69) is 10.2 Å². The highest BCUT2D eigenvalue weighted by molar-refractivity contribution is 8.00. The quantitative estimate of drug-likeness (QED) is 0.519. The second-order valence-corrected chi connectivity index (χ2v) is 5.31. The first-order chi connectivity index (χ1) is 8.16. The highest BCUT2D eigenvalue weighted by Crippen LogP contribution is 2.30. The van der Waals surface area contributed by atoms with Gasteiger partial charge in [-0.25, -0.2) is 0 Å². The summed E-state index contributed by atoms with van der Waals surface area (Å²) in [5.41, 5.74) is 6.23. The Morgan fingerprint density at radius 1 is 1.41 bits per heavy atom. The number of thioether (sulfide) groups is 1. The summed E-state index contributed by atoms with van der Waals surface area (Å²) in [5.74, 6) is 0.478. The molecule has 0 aliphatic rings. The number of nitro benzene ring substituents is 1. The van der Waals surface area contributed by atoms with E-state index in [1.165, 1.54) is 29.2 Å². The second-order valence-electron chi connectivity index (χ2n) is 3.08. The van der Waals surface area contributed by atoms with Crippen LogP contribution in [-0.4, -0.2) is 15.1 Å². The zero-order chi connectivity index (χ0) is 12.3. The van der Waals surface area contributed by atoms with E-state index in [1.54, 1.807) is 18.2 Å². The van der Waals surface area contributed by atoms with Crippen LogP contribution in [0.15, 0.2) is 28.6 Å². The molecule has 6 nitrogen and oxygen atoms in total. The Morgan fingerprint density at radius 2 is 2.18 bits per heavy atom. The number of anilines is 1. The van der Waals surface area contributed by atoms with E-state index in [0.717, 1.165) is 0 Å². The number of nitrogen functional groups attached to an aromatic ring is 1. The van der Waals surface area contributed by atoms with E-state index in [4.69, 9.17) is 5.73 Å². The number of nitrogens with two attached hydrogens (primary N) is 1. The fraction of sp³-hybridized carbons (Fsp3) is 0.111. The van der Waals surface area contributed by atoms with Gasteiger partial charge in [-0.1, -0.05) is 41.3 Å². The highest BCUT2D eigenvalue weighted by atomic mass is 32.2. The molecule has 8 heteroatoms. The Kier molecular flexibility index (Phi) is 3.55. The number of aromatic nitrogens is 2. The van der Waals surface area contributed by atoms with Crippen LogP contribution in [0.3, 0.4) is 0 Å². The minimum atomic E-state index is -0.385. The van der Waals surface area contributed by atoms with Crippen molar-refractivity contribution in [3.8, 4) is 0 Å². The predicted octanol–water partition coefficient (Wildman–Crippen LogP) is 2.32. The Labute approximate surface area is 105 Å². The Morgan fingerprint density at radius 3 is 2.82 bits per heavy atom. The SMILES string of the molecule is Nc1nnc(SCc2ccccc2[N+](=O)[O-])s1. The summed E-state index contributed by atoms with van der Waals surface area (Å²) in [7, 11) is 0. The molecule has 0 aliphatic carbocycles. The fourth-order valence-corrected chi connectivity index (χ4v) is 2.86. The smallest absolute Gasteiger partial charge is 0.273 e. The van der Waals surface area contributed by atoms with Crippen LogP contribution in [-0.2, 0) is 5.75 Å². The van der Waals surface area contributed by atoms with Crippen LogP contribution in [0.25, 0.3) is 0 Å². The summed E-state index contributed by atoms with van der Waals surface area (Å²) < 4.78 is 0.709. The van der Waals surface area contributed by atoms with E-state index < -0.39 is 0 Å². The summed E-state index contributed by atoms with van der Waals surface area (Å²) in [6, 6.07) is 6.65. The molecule has 0 saturated heterocycles. The van der Waals surface area contributed by atoms with E-state index in [9.17, 15) is 10.1 Å². The number of rotatable bonds is 4. The van der Waals surface area contributed by atoms with Crippen molar-refractivity contribution in [3.05, 3.63) is 39.9 Å². The van der Waals surface area contributed by atoms with E-state index in [-0.39, 0.29) is 10.6 Å². The molecule has 1 heterocycles. The van der Waals surface area contributed by atoms with E-state index >= 15 is 0 Å². The number of para-hydroxylation sites is 1. The molecule has 17 heavy (non-hydrogen) atoms. The molecule has 0 fully saturated rings. The van der Waals surface area contributed by atoms with Gasteiger partial charge in [0.1, 0.15) is 0 Å². The molecule has 2 N–H and O–H groups in total. The second kappa shape index (κ2) is 5.11. The van der Waals surface area contributed by atoms with Gasteiger partial charge in [0.2, 0.25) is 5.13 Å². The normalized spacial score (nSPS) is 10.4. The average molecular weight is 268 g/mol. The van der Waals surface area contributed by atoms with Crippen molar-refractivity contribution in [2.75, 3.05) is 5.73 Å². The van der Waals surface area contributed by atoms with Crippen LogP contribution in [0.1, 0.15) is 5.56 Å². The third-order valence-electron chi connectivity index (χ3n) is 1.96. The van der Waals surface area contributed by atoms with E-state index in [0.29, 0.717) is 20.8 Å². The van der Waals surface area contributed by atoms with Gasteiger partial charge in [-0.15, -0.1) is 10.2 Å². The first kappa shape index (κ1) is 11.8. The molecule has 0 saturated carbocycles. The fourth-order valence-electron chi connectivity index (χ4n) is 1.23. The van der Waals surface area contributed by atoms with Crippen LogP contribution < -0.4 is 5.73 Å². The maximum Gasteiger partial charge on any atom is 0.273 e. The molecule has 0 amide bonds. The lowest BCUT2D eigenvalue weighted by Gasteiger charge is -1.99. The van der Waals surface area contributed by atoms with Gasteiger partial charge < -0.3 is 5.73 Å². The largest absolute Gasteiger partial charge is 0.374 e. The molecule has 1 aromatic heterocycles. The van der Waals surface area contributed by atoms with Gasteiger partial charge in [0.15, 0.2) is 4.34 Å². The minimum Gasteiger partial charge on any atom is -0.374 e. The molecule has 2 rings (SSSR count). The van der Waals surface area contributed by atoms with Gasteiger partial charge in [0.25, 0.3) is 5.69 Å². The standard InChI is InChI=1S/C9H8N4O2S2/c10-8-11-12-9(17-8)16-5-6-3-1-2-4-7(6)13(14)15/h1-4H,5H2,(H2,10,11). The number of benzene rings is 1. The van der Waals surface area contributed by atoms with E-state index in [1.807, 2.05) is 0 Å². The first-order valence-electron chi connectivity index (χ1n) is 4.61. The lowest BCUT2D eigenvalue weighted by molar-refractivity contribution is -0.385. The molecule has 0 aliphatic heterocycles. The first-order valence-corrected chi connectivity index (χ1v) is 6.41. The molecule has 1 aromatic carbocycles. The average Bonchev–Trinajstić information content (AvgIpc) is 2.73.